The van der Waals surface area contributed by atoms with Crippen LogP contribution >= 0.6 is 0 Å². The molecule has 1 N–H and O–H groups in total. The number of hydrogen-bond acceptors (Lipinski definition) is 3. The monoisotopic (exact) mass is 313 g/mol. The zero-order valence-electron chi connectivity index (χ0n) is 13.9. The summed E-state index contributed by atoms with van der Waals surface area (Å²) in [6.45, 7) is 7.38. The predicted molar refractivity (Wildman–Crippen MR) is 87.8 cm³/mol. The number of nitrogens with one attached hydrogen (secondary N) is 1. The molecule has 0 spiro atoms. The molecule has 1 aromatic carbocycles. The first-order chi connectivity index (χ1) is 10.9. The Morgan fingerprint density at radius 1 is 1.39 bits per heavy atom. The summed E-state index contributed by atoms with van der Waals surface area (Å²) in [6, 6.07) is 12.1. The van der Waals surface area contributed by atoms with Crippen molar-refractivity contribution < 1.29 is 9.32 Å². The molecular weight excluding hydrogens is 290 g/mol. The summed E-state index contributed by atoms with van der Waals surface area (Å²) < 4.78 is 5.15. The summed E-state index contributed by atoms with van der Waals surface area (Å²) in [5, 5.41) is 6.78. The number of aromatic nitrogens is 1. The van der Waals surface area contributed by atoms with Crippen LogP contribution < -0.4 is 5.32 Å². The molecule has 1 saturated heterocycles. The minimum absolute atomic E-state index is 0.0570. The van der Waals surface area contributed by atoms with E-state index in [1.807, 2.05) is 36.1 Å². The summed E-state index contributed by atoms with van der Waals surface area (Å²) in [5.41, 5.74) is 2.11. The standard InChI is InChI=1S/C18H23N3O2/c1-13-9-15(23-20-13)11-19-17(22)21-12-18(2,3)10-16(21)14-7-5-4-6-8-14/h4-9,16H,10-12H2,1-3H3,(H,19,22)/t16-/m0/s1. The van der Waals surface area contributed by atoms with E-state index in [-0.39, 0.29) is 17.5 Å². The molecule has 2 heterocycles. The molecule has 1 atom stereocenters. The number of amides is 2. The van der Waals surface area contributed by atoms with E-state index in [0.29, 0.717) is 12.3 Å². The smallest absolute Gasteiger partial charge is 0.318 e. The van der Waals surface area contributed by atoms with Gasteiger partial charge in [-0.15, -0.1) is 0 Å². The number of nitrogens with zero attached hydrogens (tertiary/aromatic N) is 2. The second kappa shape index (κ2) is 6.07. The van der Waals surface area contributed by atoms with Crippen molar-refractivity contribution in [3.63, 3.8) is 0 Å². The Labute approximate surface area is 136 Å². The van der Waals surface area contributed by atoms with Gasteiger partial charge in [0.25, 0.3) is 0 Å². The van der Waals surface area contributed by atoms with Gasteiger partial charge in [0, 0.05) is 12.6 Å². The Kier molecular flexibility index (Phi) is 4.11. The number of carbonyl (C=O) groups excluding carboxylic acids is 1. The van der Waals surface area contributed by atoms with Gasteiger partial charge in [-0.25, -0.2) is 4.79 Å². The number of rotatable bonds is 3. The fourth-order valence-electron chi connectivity index (χ4n) is 3.22. The molecule has 0 bridgehead atoms. The zero-order chi connectivity index (χ0) is 16.4. The molecule has 2 amide bonds. The van der Waals surface area contributed by atoms with Gasteiger partial charge in [0.1, 0.15) is 0 Å². The van der Waals surface area contributed by atoms with Crippen molar-refractivity contribution in [3.8, 4) is 0 Å². The zero-order valence-corrected chi connectivity index (χ0v) is 13.9. The molecule has 23 heavy (non-hydrogen) atoms. The van der Waals surface area contributed by atoms with Crippen molar-refractivity contribution in [2.75, 3.05) is 6.54 Å². The van der Waals surface area contributed by atoms with Crippen LogP contribution in [-0.2, 0) is 6.54 Å². The molecule has 0 saturated carbocycles. The van der Waals surface area contributed by atoms with Crippen LogP contribution in [0.3, 0.4) is 0 Å². The summed E-state index contributed by atoms with van der Waals surface area (Å²) in [6.07, 6.45) is 0.964. The Hall–Kier alpha value is -2.30. The largest absolute Gasteiger partial charge is 0.359 e. The quantitative estimate of drug-likeness (QED) is 0.940. The Bertz CT molecular complexity index is 679. The lowest BCUT2D eigenvalue weighted by molar-refractivity contribution is 0.188. The molecule has 0 radical (unpaired) electrons. The number of aryl methyl sites for hydroxylation is 1. The van der Waals surface area contributed by atoms with Gasteiger partial charge in [0.15, 0.2) is 5.76 Å². The van der Waals surface area contributed by atoms with E-state index >= 15 is 0 Å². The molecule has 5 nitrogen and oxygen atoms in total. The highest BCUT2D eigenvalue weighted by atomic mass is 16.5. The molecule has 0 unspecified atom stereocenters. The van der Waals surface area contributed by atoms with E-state index in [1.165, 1.54) is 5.56 Å². The van der Waals surface area contributed by atoms with Gasteiger partial charge >= 0.3 is 6.03 Å². The normalized spacial score (nSPS) is 19.8. The maximum absolute atomic E-state index is 12.6. The van der Waals surface area contributed by atoms with Gasteiger partial charge in [-0.1, -0.05) is 49.3 Å². The van der Waals surface area contributed by atoms with E-state index in [4.69, 9.17) is 4.52 Å². The number of carbonyl (C=O) groups is 1. The number of likely N-dealkylation sites (tertiary alicyclic amines) is 1. The maximum Gasteiger partial charge on any atom is 0.318 e. The van der Waals surface area contributed by atoms with Gasteiger partial charge in [-0.05, 0) is 24.3 Å². The first-order valence-electron chi connectivity index (χ1n) is 7.96. The van der Waals surface area contributed by atoms with Gasteiger partial charge in [0.2, 0.25) is 0 Å². The van der Waals surface area contributed by atoms with Crippen LogP contribution in [0.5, 0.6) is 0 Å². The number of benzene rings is 1. The van der Waals surface area contributed by atoms with Crippen molar-refractivity contribution in [3.05, 3.63) is 53.4 Å². The fourth-order valence-corrected chi connectivity index (χ4v) is 3.22. The van der Waals surface area contributed by atoms with Crippen LogP contribution in [0.25, 0.3) is 0 Å². The highest BCUT2D eigenvalue weighted by molar-refractivity contribution is 5.75. The van der Waals surface area contributed by atoms with Gasteiger partial charge in [-0.2, -0.15) is 0 Å². The van der Waals surface area contributed by atoms with Crippen LogP contribution in [0.1, 0.15) is 43.3 Å². The van der Waals surface area contributed by atoms with E-state index in [9.17, 15) is 4.79 Å². The summed E-state index contributed by atoms with van der Waals surface area (Å²) in [5.74, 6) is 0.672. The van der Waals surface area contributed by atoms with Crippen LogP contribution in [0.2, 0.25) is 0 Å². The molecule has 2 aromatic rings. The van der Waals surface area contributed by atoms with Crippen LogP contribution in [0.4, 0.5) is 4.79 Å². The van der Waals surface area contributed by atoms with Crippen LogP contribution in [0, 0.1) is 12.3 Å². The van der Waals surface area contributed by atoms with Crippen molar-refractivity contribution >= 4 is 6.03 Å². The molecule has 1 aliphatic rings. The molecule has 3 rings (SSSR count). The van der Waals surface area contributed by atoms with E-state index < -0.39 is 0 Å². The van der Waals surface area contributed by atoms with E-state index in [0.717, 1.165) is 18.7 Å². The first kappa shape index (κ1) is 15.6. The van der Waals surface area contributed by atoms with Gasteiger partial charge < -0.3 is 14.7 Å². The summed E-state index contributed by atoms with van der Waals surface area (Å²) >= 11 is 0. The van der Waals surface area contributed by atoms with Crippen molar-refractivity contribution in [1.29, 1.82) is 0 Å². The second-order valence-electron chi connectivity index (χ2n) is 7.02. The second-order valence-corrected chi connectivity index (χ2v) is 7.02. The summed E-state index contributed by atoms with van der Waals surface area (Å²) in [4.78, 5) is 14.6. The van der Waals surface area contributed by atoms with E-state index in [1.54, 1.807) is 0 Å². The molecule has 5 heteroatoms. The molecule has 1 aromatic heterocycles. The van der Waals surface area contributed by atoms with Crippen molar-refractivity contribution in [2.24, 2.45) is 5.41 Å². The average molecular weight is 313 g/mol. The van der Waals surface area contributed by atoms with Gasteiger partial charge in [0.05, 0.1) is 18.3 Å². The lowest BCUT2D eigenvalue weighted by atomic mass is 9.89. The minimum Gasteiger partial charge on any atom is -0.359 e. The van der Waals surface area contributed by atoms with Crippen LogP contribution in [-0.4, -0.2) is 22.6 Å². The number of hydrogen-bond donors (Lipinski definition) is 1. The molecule has 1 aliphatic heterocycles. The Balaban J connectivity index is 1.71. The molecule has 1 fully saturated rings. The van der Waals surface area contributed by atoms with Crippen molar-refractivity contribution in [1.82, 2.24) is 15.4 Å². The van der Waals surface area contributed by atoms with Gasteiger partial charge in [-0.3, -0.25) is 0 Å². The average Bonchev–Trinajstić information content (AvgIpc) is 3.08. The maximum atomic E-state index is 12.6. The van der Waals surface area contributed by atoms with E-state index in [2.05, 4.69) is 36.5 Å². The topological polar surface area (TPSA) is 58.4 Å². The number of urea groups is 1. The highest BCUT2D eigenvalue weighted by Gasteiger charge is 2.40. The summed E-state index contributed by atoms with van der Waals surface area (Å²) in [7, 11) is 0. The molecule has 0 aliphatic carbocycles. The lowest BCUT2D eigenvalue weighted by Gasteiger charge is -2.25. The Morgan fingerprint density at radius 3 is 2.78 bits per heavy atom. The first-order valence-corrected chi connectivity index (χ1v) is 7.96. The lowest BCUT2D eigenvalue weighted by Crippen LogP contribution is -2.40. The fraction of sp³-hybridized carbons (Fsp3) is 0.444. The van der Waals surface area contributed by atoms with Crippen LogP contribution in [0.15, 0.2) is 40.9 Å². The minimum atomic E-state index is -0.0570. The molecule has 122 valence electrons. The third kappa shape index (κ3) is 3.55. The predicted octanol–water partition coefficient (Wildman–Crippen LogP) is 3.67. The Morgan fingerprint density at radius 2 is 2.13 bits per heavy atom. The highest BCUT2D eigenvalue weighted by Crippen LogP contribution is 2.42. The SMILES string of the molecule is Cc1cc(CNC(=O)N2CC(C)(C)C[C@H]2c2ccccc2)on1. The van der Waals surface area contributed by atoms with Crippen molar-refractivity contribution in [2.45, 2.75) is 39.8 Å². The third-order valence-corrected chi connectivity index (χ3v) is 4.26. The third-order valence-electron chi connectivity index (χ3n) is 4.26. The molecular formula is C18H23N3O2.